The van der Waals surface area contributed by atoms with Crippen LogP contribution in [0.15, 0.2) is 54.6 Å². The van der Waals surface area contributed by atoms with Crippen LogP contribution < -0.4 is 4.90 Å². The lowest BCUT2D eigenvalue weighted by Gasteiger charge is -2.28. The minimum Gasteiger partial charge on any atom is -0.478 e. The van der Waals surface area contributed by atoms with Crippen molar-refractivity contribution in [1.82, 2.24) is 0 Å². The number of carboxylic acid groups (broad SMARTS) is 1. The molecule has 1 aliphatic carbocycles. The average Bonchev–Trinajstić information content (AvgIpc) is 2.92. The second kappa shape index (κ2) is 6.41. The van der Waals surface area contributed by atoms with Crippen LogP contribution in [0.4, 0.5) is 5.69 Å². The number of carbonyl (C=O) groups excluding carboxylic acids is 2. The van der Waals surface area contributed by atoms with Crippen LogP contribution in [0.2, 0.25) is 0 Å². The third kappa shape index (κ3) is 2.69. The first-order chi connectivity index (χ1) is 12.6. The van der Waals surface area contributed by atoms with Gasteiger partial charge in [-0.15, -0.1) is 0 Å². The van der Waals surface area contributed by atoms with Crippen molar-refractivity contribution in [2.75, 3.05) is 4.90 Å². The fourth-order valence-electron chi connectivity index (χ4n) is 4.24. The minimum atomic E-state index is -1.08. The Morgan fingerprint density at radius 1 is 0.923 bits per heavy atom. The maximum atomic E-state index is 13.0. The molecule has 26 heavy (non-hydrogen) atoms. The number of amides is 2. The summed E-state index contributed by atoms with van der Waals surface area (Å²) in [5.74, 6) is -1.82. The molecular formula is C21H19NO4. The number of anilines is 1. The molecule has 1 N–H and O–H groups in total. The second-order valence-corrected chi connectivity index (χ2v) is 7.00. The Hall–Kier alpha value is -2.95. The molecule has 2 aromatic rings. The third-order valence-corrected chi connectivity index (χ3v) is 5.55. The van der Waals surface area contributed by atoms with Gasteiger partial charge in [0, 0.05) is 0 Å². The number of aromatic carboxylic acids is 1. The number of nitrogens with zero attached hydrogens (tertiary/aromatic N) is 1. The van der Waals surface area contributed by atoms with Crippen LogP contribution in [-0.2, 0) is 9.59 Å². The zero-order chi connectivity index (χ0) is 18.3. The molecule has 1 saturated heterocycles. The molecule has 2 fully saturated rings. The van der Waals surface area contributed by atoms with E-state index in [0.29, 0.717) is 18.5 Å². The molecule has 0 spiro atoms. The van der Waals surface area contributed by atoms with Gasteiger partial charge in [0.2, 0.25) is 11.8 Å². The molecule has 1 saturated carbocycles. The van der Waals surface area contributed by atoms with Crippen molar-refractivity contribution in [2.24, 2.45) is 11.8 Å². The fraction of sp³-hybridized carbons (Fsp3) is 0.286. The Kier molecular flexibility index (Phi) is 4.07. The van der Waals surface area contributed by atoms with Crippen LogP contribution in [0.25, 0.3) is 0 Å². The minimum absolute atomic E-state index is 0.0696. The molecule has 0 radical (unpaired) electrons. The normalized spacial score (nSPS) is 25.2. The molecule has 4 rings (SSSR count). The first-order valence-electron chi connectivity index (χ1n) is 8.82. The molecular weight excluding hydrogens is 330 g/mol. The standard InChI is InChI=1S/C21H19NO4/c23-19-17-10-9-14(13-5-2-1-3-6-13)12-18(17)20(24)22(19)16-8-4-7-15(11-16)21(25)26/h1-8,11,14,17-18H,9-10,12H2,(H,25,26)/t14-,17+,18+/m0/s1. The van der Waals surface area contributed by atoms with E-state index in [-0.39, 0.29) is 35.1 Å². The van der Waals surface area contributed by atoms with Crippen molar-refractivity contribution in [2.45, 2.75) is 25.2 Å². The summed E-state index contributed by atoms with van der Waals surface area (Å²) in [5.41, 5.74) is 1.63. The number of rotatable bonds is 3. The van der Waals surface area contributed by atoms with Crippen molar-refractivity contribution in [3.05, 3.63) is 65.7 Å². The van der Waals surface area contributed by atoms with E-state index >= 15 is 0 Å². The Bertz CT molecular complexity index is 877. The van der Waals surface area contributed by atoms with Crippen LogP contribution in [0.5, 0.6) is 0 Å². The Labute approximate surface area is 151 Å². The van der Waals surface area contributed by atoms with Crippen LogP contribution in [-0.4, -0.2) is 22.9 Å². The maximum absolute atomic E-state index is 13.0. The van der Waals surface area contributed by atoms with Crippen molar-refractivity contribution in [1.29, 1.82) is 0 Å². The van der Waals surface area contributed by atoms with Gasteiger partial charge in [0.05, 0.1) is 23.1 Å². The van der Waals surface area contributed by atoms with Gasteiger partial charge in [-0.3, -0.25) is 14.5 Å². The molecule has 3 atom stereocenters. The topological polar surface area (TPSA) is 74.7 Å². The van der Waals surface area contributed by atoms with Crippen molar-refractivity contribution in [3.63, 3.8) is 0 Å². The van der Waals surface area contributed by atoms with E-state index in [4.69, 9.17) is 5.11 Å². The van der Waals surface area contributed by atoms with Gasteiger partial charge in [0.25, 0.3) is 0 Å². The van der Waals surface area contributed by atoms with Crippen LogP contribution in [0, 0.1) is 11.8 Å². The molecule has 0 unspecified atom stereocenters. The molecule has 5 heteroatoms. The zero-order valence-corrected chi connectivity index (χ0v) is 14.2. The van der Waals surface area contributed by atoms with E-state index in [0.717, 1.165) is 6.42 Å². The third-order valence-electron chi connectivity index (χ3n) is 5.55. The van der Waals surface area contributed by atoms with Gasteiger partial charge in [-0.05, 0) is 48.9 Å². The molecule has 2 amide bonds. The van der Waals surface area contributed by atoms with E-state index in [1.54, 1.807) is 12.1 Å². The average molecular weight is 349 g/mol. The quantitative estimate of drug-likeness (QED) is 0.861. The van der Waals surface area contributed by atoms with E-state index in [1.807, 2.05) is 18.2 Å². The highest BCUT2D eigenvalue weighted by Gasteiger charge is 2.50. The highest BCUT2D eigenvalue weighted by Crippen LogP contribution is 2.45. The number of hydrogen-bond donors (Lipinski definition) is 1. The number of hydrogen-bond acceptors (Lipinski definition) is 3. The monoisotopic (exact) mass is 349 g/mol. The highest BCUT2D eigenvalue weighted by atomic mass is 16.4. The van der Waals surface area contributed by atoms with Gasteiger partial charge in [-0.1, -0.05) is 36.4 Å². The van der Waals surface area contributed by atoms with Gasteiger partial charge in [-0.2, -0.15) is 0 Å². The van der Waals surface area contributed by atoms with Gasteiger partial charge >= 0.3 is 5.97 Å². The van der Waals surface area contributed by atoms with E-state index in [9.17, 15) is 14.4 Å². The van der Waals surface area contributed by atoms with Gasteiger partial charge in [0.15, 0.2) is 0 Å². The van der Waals surface area contributed by atoms with Crippen molar-refractivity contribution >= 4 is 23.5 Å². The number of fused-ring (bicyclic) bond motifs is 1. The molecule has 5 nitrogen and oxygen atoms in total. The lowest BCUT2D eigenvalue weighted by atomic mass is 9.73. The predicted octanol–water partition coefficient (Wildman–Crippen LogP) is 3.46. The summed E-state index contributed by atoms with van der Waals surface area (Å²) in [6, 6.07) is 16.1. The molecule has 1 aliphatic heterocycles. The van der Waals surface area contributed by atoms with Crippen LogP contribution in [0.3, 0.4) is 0 Å². The van der Waals surface area contributed by atoms with Gasteiger partial charge < -0.3 is 5.11 Å². The van der Waals surface area contributed by atoms with Gasteiger partial charge in [0.1, 0.15) is 0 Å². The molecule has 2 aliphatic rings. The summed E-state index contributed by atoms with van der Waals surface area (Å²) < 4.78 is 0. The molecule has 132 valence electrons. The van der Waals surface area contributed by atoms with E-state index in [1.165, 1.54) is 22.6 Å². The molecule has 0 bridgehead atoms. The summed E-state index contributed by atoms with van der Waals surface area (Å²) in [6.07, 6.45) is 2.23. The lowest BCUT2D eigenvalue weighted by Crippen LogP contribution is -2.31. The first kappa shape index (κ1) is 16.5. The Morgan fingerprint density at radius 2 is 1.65 bits per heavy atom. The molecule has 2 aromatic carbocycles. The SMILES string of the molecule is O=C(O)c1cccc(N2C(=O)[C@@H]3CC[C@H](c4ccccc4)C[C@H]3C2=O)c1. The highest BCUT2D eigenvalue weighted by molar-refractivity contribution is 6.22. The van der Waals surface area contributed by atoms with Crippen LogP contribution in [0.1, 0.15) is 41.1 Å². The summed E-state index contributed by atoms with van der Waals surface area (Å²) in [7, 11) is 0. The number of carboxylic acids is 1. The summed E-state index contributed by atoms with van der Waals surface area (Å²) in [6.45, 7) is 0. The van der Waals surface area contributed by atoms with Gasteiger partial charge in [-0.25, -0.2) is 4.79 Å². The van der Waals surface area contributed by atoms with Crippen molar-refractivity contribution in [3.8, 4) is 0 Å². The van der Waals surface area contributed by atoms with E-state index < -0.39 is 5.97 Å². The van der Waals surface area contributed by atoms with Crippen molar-refractivity contribution < 1.29 is 19.5 Å². The summed E-state index contributed by atoms with van der Waals surface area (Å²) in [5, 5.41) is 9.16. The molecule has 0 aromatic heterocycles. The number of carbonyl (C=O) groups is 3. The number of benzene rings is 2. The second-order valence-electron chi connectivity index (χ2n) is 7.00. The predicted molar refractivity (Wildman–Crippen MR) is 95.9 cm³/mol. The Balaban J connectivity index is 1.61. The largest absolute Gasteiger partial charge is 0.478 e. The smallest absolute Gasteiger partial charge is 0.335 e. The first-order valence-corrected chi connectivity index (χ1v) is 8.82. The lowest BCUT2D eigenvalue weighted by molar-refractivity contribution is -0.122. The fourth-order valence-corrected chi connectivity index (χ4v) is 4.24. The van der Waals surface area contributed by atoms with Crippen LogP contribution >= 0.6 is 0 Å². The maximum Gasteiger partial charge on any atom is 0.335 e. The zero-order valence-electron chi connectivity index (χ0n) is 14.2. The summed E-state index contributed by atoms with van der Waals surface area (Å²) >= 11 is 0. The Morgan fingerprint density at radius 3 is 2.38 bits per heavy atom. The van der Waals surface area contributed by atoms with E-state index in [2.05, 4.69) is 12.1 Å². The molecule has 1 heterocycles. The number of imide groups is 1. The summed E-state index contributed by atoms with van der Waals surface area (Å²) in [4.78, 5) is 38.2.